The SMILES string of the molecule is CN(CCC1=CCCCC1)c1cc(N2CCCC2)ncn1. The highest BCUT2D eigenvalue weighted by molar-refractivity contribution is 5.50. The van der Waals surface area contributed by atoms with Gasteiger partial charge in [-0.2, -0.15) is 0 Å². The first-order valence-corrected chi connectivity index (χ1v) is 8.29. The maximum absolute atomic E-state index is 4.44. The van der Waals surface area contributed by atoms with Gasteiger partial charge in [0.05, 0.1) is 0 Å². The molecular weight excluding hydrogens is 260 g/mol. The van der Waals surface area contributed by atoms with E-state index in [-0.39, 0.29) is 0 Å². The summed E-state index contributed by atoms with van der Waals surface area (Å²) in [5, 5.41) is 0. The van der Waals surface area contributed by atoms with Crippen molar-refractivity contribution in [2.75, 3.05) is 36.5 Å². The zero-order valence-electron chi connectivity index (χ0n) is 13.1. The molecule has 1 aromatic rings. The Kier molecular flexibility index (Phi) is 4.73. The smallest absolute Gasteiger partial charge is 0.134 e. The van der Waals surface area contributed by atoms with Gasteiger partial charge in [0, 0.05) is 32.7 Å². The van der Waals surface area contributed by atoms with Crippen molar-refractivity contribution in [1.29, 1.82) is 0 Å². The van der Waals surface area contributed by atoms with Crippen LogP contribution in [0.2, 0.25) is 0 Å². The highest BCUT2D eigenvalue weighted by Gasteiger charge is 2.15. The molecule has 0 bridgehead atoms. The third-order valence-corrected chi connectivity index (χ3v) is 4.61. The van der Waals surface area contributed by atoms with E-state index in [9.17, 15) is 0 Å². The maximum atomic E-state index is 4.44. The molecule has 1 aromatic heterocycles. The first-order chi connectivity index (χ1) is 10.3. The number of allylic oxidation sites excluding steroid dienone is 1. The summed E-state index contributed by atoms with van der Waals surface area (Å²) in [7, 11) is 2.14. The van der Waals surface area contributed by atoms with Gasteiger partial charge in [-0.25, -0.2) is 9.97 Å². The Morgan fingerprint density at radius 2 is 2.00 bits per heavy atom. The Morgan fingerprint density at radius 1 is 1.14 bits per heavy atom. The Balaban J connectivity index is 1.59. The van der Waals surface area contributed by atoms with Crippen LogP contribution >= 0.6 is 0 Å². The van der Waals surface area contributed by atoms with Crippen LogP contribution in [0.4, 0.5) is 11.6 Å². The number of rotatable bonds is 5. The van der Waals surface area contributed by atoms with Crippen molar-refractivity contribution in [3.8, 4) is 0 Å². The summed E-state index contributed by atoms with van der Waals surface area (Å²) in [6.07, 6.45) is 13.2. The minimum absolute atomic E-state index is 1.04. The molecule has 1 fully saturated rings. The van der Waals surface area contributed by atoms with Crippen molar-refractivity contribution in [1.82, 2.24) is 9.97 Å². The van der Waals surface area contributed by atoms with Crippen molar-refractivity contribution >= 4 is 11.6 Å². The number of nitrogens with zero attached hydrogens (tertiary/aromatic N) is 4. The molecule has 0 spiro atoms. The summed E-state index contributed by atoms with van der Waals surface area (Å²) < 4.78 is 0. The number of hydrogen-bond acceptors (Lipinski definition) is 4. The van der Waals surface area contributed by atoms with E-state index in [1.807, 2.05) is 0 Å². The van der Waals surface area contributed by atoms with Gasteiger partial charge in [0.2, 0.25) is 0 Å². The van der Waals surface area contributed by atoms with Crippen molar-refractivity contribution in [2.24, 2.45) is 0 Å². The van der Waals surface area contributed by atoms with E-state index < -0.39 is 0 Å². The molecule has 4 heteroatoms. The molecule has 2 aliphatic rings. The molecule has 0 radical (unpaired) electrons. The fourth-order valence-electron chi connectivity index (χ4n) is 3.22. The summed E-state index contributed by atoms with van der Waals surface area (Å²) in [5.41, 5.74) is 1.63. The predicted octanol–water partition coefficient (Wildman–Crippen LogP) is 3.40. The first-order valence-electron chi connectivity index (χ1n) is 8.29. The van der Waals surface area contributed by atoms with Crippen LogP contribution in [0.3, 0.4) is 0 Å². The maximum Gasteiger partial charge on any atom is 0.134 e. The largest absolute Gasteiger partial charge is 0.359 e. The second-order valence-corrected chi connectivity index (χ2v) is 6.21. The Hall–Kier alpha value is -1.58. The molecule has 114 valence electrons. The molecule has 4 nitrogen and oxygen atoms in total. The summed E-state index contributed by atoms with van der Waals surface area (Å²) >= 11 is 0. The van der Waals surface area contributed by atoms with Crippen molar-refractivity contribution in [3.05, 3.63) is 24.0 Å². The third-order valence-electron chi connectivity index (χ3n) is 4.61. The van der Waals surface area contributed by atoms with Crippen LogP contribution in [0, 0.1) is 0 Å². The van der Waals surface area contributed by atoms with Gasteiger partial charge in [-0.15, -0.1) is 0 Å². The molecule has 1 aliphatic carbocycles. The van der Waals surface area contributed by atoms with E-state index in [1.165, 1.54) is 44.9 Å². The van der Waals surface area contributed by atoms with Gasteiger partial charge in [0.15, 0.2) is 0 Å². The standard InChI is InChI=1S/C17H26N4/c1-20(12-9-15-7-3-2-4-8-15)16-13-17(19-14-18-16)21-10-5-6-11-21/h7,13-14H,2-6,8-12H2,1H3. The fraction of sp³-hybridized carbons (Fsp3) is 0.647. The molecule has 1 saturated heterocycles. The van der Waals surface area contributed by atoms with Crippen LogP contribution in [0.25, 0.3) is 0 Å². The lowest BCUT2D eigenvalue weighted by Crippen LogP contribution is -2.23. The van der Waals surface area contributed by atoms with Gasteiger partial charge in [-0.3, -0.25) is 0 Å². The van der Waals surface area contributed by atoms with Gasteiger partial charge in [0.1, 0.15) is 18.0 Å². The number of anilines is 2. The summed E-state index contributed by atoms with van der Waals surface area (Å²) in [6, 6.07) is 2.14. The number of aromatic nitrogens is 2. The van der Waals surface area contributed by atoms with Crippen molar-refractivity contribution in [3.63, 3.8) is 0 Å². The summed E-state index contributed by atoms with van der Waals surface area (Å²) in [4.78, 5) is 13.5. The topological polar surface area (TPSA) is 32.3 Å². The summed E-state index contributed by atoms with van der Waals surface area (Å²) in [5.74, 6) is 2.13. The van der Waals surface area contributed by atoms with Crippen molar-refractivity contribution < 1.29 is 0 Å². The zero-order valence-corrected chi connectivity index (χ0v) is 13.1. The van der Waals surface area contributed by atoms with Crippen LogP contribution in [0.1, 0.15) is 44.9 Å². The monoisotopic (exact) mass is 286 g/mol. The highest BCUT2D eigenvalue weighted by atomic mass is 15.2. The van der Waals surface area contributed by atoms with E-state index >= 15 is 0 Å². The molecule has 1 aliphatic heterocycles. The molecule has 0 saturated carbocycles. The third kappa shape index (κ3) is 3.74. The Bertz CT molecular complexity index is 491. The Labute approximate surface area is 127 Å². The van der Waals surface area contributed by atoms with Crippen LogP contribution < -0.4 is 9.80 Å². The minimum atomic E-state index is 1.04. The molecule has 0 amide bonds. The average Bonchev–Trinajstić information content (AvgIpc) is 3.08. The van der Waals surface area contributed by atoms with Gasteiger partial charge in [-0.1, -0.05) is 11.6 Å². The van der Waals surface area contributed by atoms with Crippen LogP contribution in [-0.4, -0.2) is 36.6 Å². The van der Waals surface area contributed by atoms with Gasteiger partial charge in [-0.05, 0) is 44.9 Å². The van der Waals surface area contributed by atoms with E-state index in [0.29, 0.717) is 0 Å². The molecule has 0 aromatic carbocycles. The van der Waals surface area contributed by atoms with Crippen molar-refractivity contribution in [2.45, 2.75) is 44.9 Å². The quantitative estimate of drug-likeness (QED) is 0.777. The van der Waals surface area contributed by atoms with Gasteiger partial charge >= 0.3 is 0 Å². The van der Waals surface area contributed by atoms with Crippen LogP contribution in [0.15, 0.2) is 24.0 Å². The van der Waals surface area contributed by atoms with Crippen LogP contribution in [0.5, 0.6) is 0 Å². The second-order valence-electron chi connectivity index (χ2n) is 6.21. The minimum Gasteiger partial charge on any atom is -0.359 e. The fourth-order valence-corrected chi connectivity index (χ4v) is 3.22. The first kappa shape index (κ1) is 14.4. The second kappa shape index (κ2) is 6.92. The normalized spacial score (nSPS) is 18.7. The number of hydrogen-bond donors (Lipinski definition) is 0. The molecule has 0 N–H and O–H groups in total. The molecule has 3 rings (SSSR count). The Morgan fingerprint density at radius 3 is 2.76 bits per heavy atom. The van der Waals surface area contributed by atoms with E-state index in [4.69, 9.17) is 0 Å². The average molecular weight is 286 g/mol. The van der Waals surface area contributed by atoms with E-state index in [0.717, 1.165) is 31.3 Å². The molecule has 21 heavy (non-hydrogen) atoms. The van der Waals surface area contributed by atoms with Gasteiger partial charge in [0.25, 0.3) is 0 Å². The predicted molar refractivity (Wildman–Crippen MR) is 87.9 cm³/mol. The van der Waals surface area contributed by atoms with E-state index in [2.05, 4.69) is 39.0 Å². The lowest BCUT2D eigenvalue weighted by molar-refractivity contribution is 0.670. The van der Waals surface area contributed by atoms with Gasteiger partial charge < -0.3 is 9.80 Å². The van der Waals surface area contributed by atoms with E-state index in [1.54, 1.807) is 11.9 Å². The summed E-state index contributed by atoms with van der Waals surface area (Å²) in [6.45, 7) is 3.31. The molecule has 0 unspecified atom stereocenters. The molecular formula is C17H26N4. The highest BCUT2D eigenvalue weighted by Crippen LogP contribution is 2.23. The lowest BCUT2D eigenvalue weighted by Gasteiger charge is -2.22. The lowest BCUT2D eigenvalue weighted by atomic mass is 9.97. The van der Waals surface area contributed by atoms with Crippen LogP contribution in [-0.2, 0) is 0 Å². The zero-order chi connectivity index (χ0) is 14.5. The molecule has 2 heterocycles. The molecule has 0 atom stereocenters.